The number of thioether (sulfide) groups is 1. The Morgan fingerprint density at radius 1 is 1.07 bits per heavy atom. The van der Waals surface area contributed by atoms with E-state index in [0.717, 1.165) is 11.3 Å². The van der Waals surface area contributed by atoms with Crippen LogP contribution >= 0.6 is 11.8 Å². The normalized spacial score (nSPS) is 10.4. The van der Waals surface area contributed by atoms with Gasteiger partial charge in [-0.05, 0) is 36.4 Å². The predicted molar refractivity (Wildman–Crippen MR) is 113 cm³/mol. The number of nitrogens with zero attached hydrogens (tertiary/aromatic N) is 3. The fourth-order valence-electron chi connectivity index (χ4n) is 2.62. The number of carbonyl (C=O) groups is 2. The van der Waals surface area contributed by atoms with E-state index < -0.39 is 0 Å². The highest BCUT2D eigenvalue weighted by Crippen LogP contribution is 2.25. The van der Waals surface area contributed by atoms with Crippen molar-refractivity contribution in [2.24, 2.45) is 7.05 Å². The smallest absolute Gasteiger partial charge is 0.234 e. The summed E-state index contributed by atoms with van der Waals surface area (Å²) >= 11 is 1.30. The number of hydrogen-bond donors (Lipinski definition) is 2. The summed E-state index contributed by atoms with van der Waals surface area (Å²) in [5, 5.41) is 14.5. The van der Waals surface area contributed by atoms with E-state index in [-0.39, 0.29) is 17.6 Å². The third-order valence-electron chi connectivity index (χ3n) is 3.98. The van der Waals surface area contributed by atoms with Crippen LogP contribution in [0.4, 0.5) is 11.4 Å². The van der Waals surface area contributed by atoms with E-state index >= 15 is 0 Å². The highest BCUT2D eigenvalue weighted by molar-refractivity contribution is 7.99. The molecular weight excluding hydrogens is 390 g/mol. The van der Waals surface area contributed by atoms with Crippen molar-refractivity contribution in [2.75, 3.05) is 23.5 Å². The molecule has 1 aromatic heterocycles. The van der Waals surface area contributed by atoms with E-state index in [1.54, 1.807) is 31.4 Å². The number of benzene rings is 2. The number of aromatic nitrogens is 3. The van der Waals surface area contributed by atoms with Gasteiger partial charge in [0.05, 0.1) is 12.9 Å². The number of hydrogen-bond acceptors (Lipinski definition) is 6. The molecule has 0 bridgehead atoms. The second kappa shape index (κ2) is 9.24. The summed E-state index contributed by atoms with van der Waals surface area (Å²) in [6.07, 6.45) is 0. The van der Waals surface area contributed by atoms with Gasteiger partial charge in [-0.1, -0.05) is 23.9 Å². The van der Waals surface area contributed by atoms with Crippen molar-refractivity contribution in [3.8, 4) is 17.1 Å². The SMILES string of the molecule is COc1cccc(-c2nnc(SCC(=O)Nc3ccc(NC(C)=O)cc3)n2C)c1. The number of rotatable bonds is 7. The lowest BCUT2D eigenvalue weighted by atomic mass is 10.2. The Morgan fingerprint density at radius 2 is 1.76 bits per heavy atom. The molecule has 0 radical (unpaired) electrons. The number of ether oxygens (including phenoxy) is 1. The molecule has 9 heteroatoms. The number of amides is 2. The first-order valence-corrected chi connectivity index (χ1v) is 9.79. The van der Waals surface area contributed by atoms with Gasteiger partial charge in [0.15, 0.2) is 11.0 Å². The molecule has 3 aromatic rings. The van der Waals surface area contributed by atoms with Crippen molar-refractivity contribution >= 4 is 35.0 Å². The van der Waals surface area contributed by atoms with Crippen LogP contribution in [0.5, 0.6) is 5.75 Å². The van der Waals surface area contributed by atoms with Crippen LogP contribution in [0.2, 0.25) is 0 Å². The molecule has 150 valence electrons. The van der Waals surface area contributed by atoms with E-state index in [1.807, 2.05) is 35.9 Å². The molecule has 2 N–H and O–H groups in total. The summed E-state index contributed by atoms with van der Waals surface area (Å²) in [6, 6.07) is 14.5. The van der Waals surface area contributed by atoms with Crippen LogP contribution in [0.15, 0.2) is 53.7 Å². The van der Waals surface area contributed by atoms with Gasteiger partial charge in [0.1, 0.15) is 5.75 Å². The summed E-state index contributed by atoms with van der Waals surface area (Å²) in [6.45, 7) is 1.44. The maximum absolute atomic E-state index is 12.2. The minimum absolute atomic E-state index is 0.143. The van der Waals surface area contributed by atoms with Crippen LogP contribution < -0.4 is 15.4 Å². The van der Waals surface area contributed by atoms with Crippen LogP contribution in [-0.2, 0) is 16.6 Å². The van der Waals surface area contributed by atoms with Gasteiger partial charge in [0.2, 0.25) is 11.8 Å². The monoisotopic (exact) mass is 411 g/mol. The molecule has 3 rings (SSSR count). The first kappa shape index (κ1) is 20.4. The summed E-state index contributed by atoms with van der Waals surface area (Å²) in [5.74, 6) is 1.32. The van der Waals surface area contributed by atoms with Crippen molar-refractivity contribution < 1.29 is 14.3 Å². The fourth-order valence-corrected chi connectivity index (χ4v) is 3.33. The largest absolute Gasteiger partial charge is 0.497 e. The minimum atomic E-state index is -0.159. The second-order valence-corrected chi connectivity index (χ2v) is 7.14. The molecule has 0 aliphatic carbocycles. The highest BCUT2D eigenvalue weighted by Gasteiger charge is 2.13. The summed E-state index contributed by atoms with van der Waals surface area (Å²) in [7, 11) is 3.47. The maximum atomic E-state index is 12.2. The Balaban J connectivity index is 1.59. The van der Waals surface area contributed by atoms with Crippen molar-refractivity contribution in [1.82, 2.24) is 14.8 Å². The quantitative estimate of drug-likeness (QED) is 0.580. The van der Waals surface area contributed by atoms with E-state index in [0.29, 0.717) is 22.4 Å². The van der Waals surface area contributed by atoms with E-state index in [2.05, 4.69) is 20.8 Å². The van der Waals surface area contributed by atoms with E-state index in [4.69, 9.17) is 4.74 Å². The summed E-state index contributed by atoms with van der Waals surface area (Å²) in [5.41, 5.74) is 2.21. The molecule has 0 spiro atoms. The Kier molecular flexibility index (Phi) is 6.50. The first-order valence-electron chi connectivity index (χ1n) is 8.80. The van der Waals surface area contributed by atoms with Crippen LogP contribution in [0.25, 0.3) is 11.4 Å². The highest BCUT2D eigenvalue weighted by atomic mass is 32.2. The Hall–Kier alpha value is -3.33. The molecule has 0 aliphatic heterocycles. The molecule has 0 atom stereocenters. The van der Waals surface area contributed by atoms with Crippen molar-refractivity contribution in [3.63, 3.8) is 0 Å². The Morgan fingerprint density at radius 3 is 2.41 bits per heavy atom. The van der Waals surface area contributed by atoms with Crippen LogP contribution in [-0.4, -0.2) is 39.4 Å². The number of nitrogens with one attached hydrogen (secondary N) is 2. The van der Waals surface area contributed by atoms with Gasteiger partial charge in [-0.2, -0.15) is 0 Å². The first-order chi connectivity index (χ1) is 14.0. The Bertz CT molecular complexity index is 1020. The van der Waals surface area contributed by atoms with Gasteiger partial charge in [-0.15, -0.1) is 10.2 Å². The molecule has 0 aliphatic rings. The van der Waals surface area contributed by atoms with Crippen molar-refractivity contribution in [3.05, 3.63) is 48.5 Å². The van der Waals surface area contributed by atoms with Crippen LogP contribution in [0, 0.1) is 0 Å². The van der Waals surface area contributed by atoms with Gasteiger partial charge in [-0.25, -0.2) is 0 Å². The second-order valence-electron chi connectivity index (χ2n) is 6.19. The lowest BCUT2D eigenvalue weighted by Gasteiger charge is -2.07. The summed E-state index contributed by atoms with van der Waals surface area (Å²) < 4.78 is 7.09. The zero-order valence-corrected chi connectivity index (χ0v) is 17.1. The average Bonchev–Trinajstić information content (AvgIpc) is 3.08. The molecule has 2 aromatic carbocycles. The van der Waals surface area contributed by atoms with Crippen LogP contribution in [0.1, 0.15) is 6.92 Å². The van der Waals surface area contributed by atoms with E-state index in [9.17, 15) is 9.59 Å². The molecule has 0 saturated carbocycles. The zero-order chi connectivity index (χ0) is 20.8. The summed E-state index contributed by atoms with van der Waals surface area (Å²) in [4.78, 5) is 23.3. The minimum Gasteiger partial charge on any atom is -0.497 e. The van der Waals surface area contributed by atoms with Crippen molar-refractivity contribution in [2.45, 2.75) is 12.1 Å². The third kappa shape index (κ3) is 5.35. The molecule has 29 heavy (non-hydrogen) atoms. The number of anilines is 2. The maximum Gasteiger partial charge on any atom is 0.234 e. The van der Waals surface area contributed by atoms with E-state index in [1.165, 1.54) is 18.7 Å². The van der Waals surface area contributed by atoms with Gasteiger partial charge < -0.3 is 19.9 Å². The Labute approximate surface area is 172 Å². The number of methoxy groups -OCH3 is 1. The predicted octanol–water partition coefficient (Wildman–Crippen LogP) is 3.18. The third-order valence-corrected chi connectivity index (χ3v) is 5.00. The molecule has 8 nitrogen and oxygen atoms in total. The zero-order valence-electron chi connectivity index (χ0n) is 16.3. The molecular formula is C20H21N5O3S. The standard InChI is InChI=1S/C20H21N5O3S/c1-13(26)21-15-7-9-16(10-8-15)22-18(27)12-29-20-24-23-19(25(20)2)14-5-4-6-17(11-14)28-3/h4-11H,12H2,1-3H3,(H,21,26)(H,22,27). The van der Waals surface area contributed by atoms with Gasteiger partial charge >= 0.3 is 0 Å². The van der Waals surface area contributed by atoms with Crippen LogP contribution in [0.3, 0.4) is 0 Å². The molecule has 0 unspecified atom stereocenters. The molecule has 0 saturated heterocycles. The molecule has 2 amide bonds. The van der Waals surface area contributed by atoms with Crippen molar-refractivity contribution in [1.29, 1.82) is 0 Å². The molecule has 1 heterocycles. The lowest BCUT2D eigenvalue weighted by Crippen LogP contribution is -2.14. The fraction of sp³-hybridized carbons (Fsp3) is 0.200. The van der Waals surface area contributed by atoms with Gasteiger partial charge in [-0.3, -0.25) is 9.59 Å². The molecule has 0 fully saturated rings. The van der Waals surface area contributed by atoms with Gasteiger partial charge in [0.25, 0.3) is 0 Å². The van der Waals surface area contributed by atoms with Gasteiger partial charge in [0, 0.05) is 30.9 Å². The average molecular weight is 411 g/mol. The lowest BCUT2D eigenvalue weighted by molar-refractivity contribution is -0.114. The number of carbonyl (C=O) groups excluding carboxylic acids is 2. The topological polar surface area (TPSA) is 98.1 Å².